The number of β-amino-alcohol motifs (C(OH)–C–C–N with tert-alkyl or cyclic N) is 1. The van der Waals surface area contributed by atoms with Crippen LogP contribution in [0.3, 0.4) is 0 Å². The lowest BCUT2D eigenvalue weighted by molar-refractivity contribution is 0.0761. The molecule has 3 rings (SSSR count). The van der Waals surface area contributed by atoms with Gasteiger partial charge in [-0.2, -0.15) is 0 Å². The molecule has 0 bridgehead atoms. The summed E-state index contributed by atoms with van der Waals surface area (Å²) in [5.74, 6) is -0.187. The smallest absolute Gasteiger partial charge is 0.274 e. The second kappa shape index (κ2) is 4.70. The van der Waals surface area contributed by atoms with E-state index in [1.807, 2.05) is 13.0 Å². The summed E-state index contributed by atoms with van der Waals surface area (Å²) in [6, 6.07) is 1.89. The van der Waals surface area contributed by atoms with E-state index in [2.05, 4.69) is 9.97 Å². The molecule has 1 amide bonds. The molecule has 1 atom stereocenters. The summed E-state index contributed by atoms with van der Waals surface area (Å²) >= 11 is 7.36. The zero-order valence-electron chi connectivity index (χ0n) is 10.3. The van der Waals surface area contributed by atoms with Gasteiger partial charge in [-0.05, 0) is 31.0 Å². The van der Waals surface area contributed by atoms with Crippen molar-refractivity contribution in [2.75, 3.05) is 13.1 Å². The van der Waals surface area contributed by atoms with Crippen molar-refractivity contribution in [1.29, 1.82) is 0 Å². The predicted molar refractivity (Wildman–Crippen MR) is 73.7 cm³/mol. The molecule has 1 aliphatic heterocycles. The number of aliphatic hydroxyl groups is 1. The van der Waals surface area contributed by atoms with Gasteiger partial charge in [0.2, 0.25) is 5.28 Å². The molecule has 100 valence electrons. The highest BCUT2D eigenvalue weighted by atomic mass is 35.5. The first kappa shape index (κ1) is 12.8. The first-order valence-electron chi connectivity index (χ1n) is 5.95. The second-order valence-electron chi connectivity index (χ2n) is 4.61. The van der Waals surface area contributed by atoms with Crippen molar-refractivity contribution in [3.05, 3.63) is 21.9 Å². The monoisotopic (exact) mass is 297 g/mol. The zero-order chi connectivity index (χ0) is 13.6. The third-order valence-corrected chi connectivity index (χ3v) is 4.34. The number of thiophene rings is 1. The molecule has 1 saturated heterocycles. The molecule has 5 nitrogen and oxygen atoms in total. The van der Waals surface area contributed by atoms with Crippen molar-refractivity contribution in [3.8, 4) is 0 Å². The van der Waals surface area contributed by atoms with Crippen molar-refractivity contribution in [2.24, 2.45) is 0 Å². The van der Waals surface area contributed by atoms with E-state index >= 15 is 0 Å². The Balaban J connectivity index is 2.06. The van der Waals surface area contributed by atoms with E-state index in [4.69, 9.17) is 11.6 Å². The van der Waals surface area contributed by atoms with E-state index < -0.39 is 6.10 Å². The van der Waals surface area contributed by atoms with Gasteiger partial charge in [-0.3, -0.25) is 4.79 Å². The standard InChI is InChI=1S/C12H12ClN3O2S/c1-6-4-8-10(19-6)9(15-12(13)14-8)11(18)16-3-2-7(17)5-16/h4,7,17H,2-3,5H2,1H3/t7-/m1/s1. The molecule has 19 heavy (non-hydrogen) atoms. The highest BCUT2D eigenvalue weighted by Crippen LogP contribution is 2.28. The molecule has 1 aliphatic rings. The number of likely N-dealkylation sites (tertiary alicyclic amines) is 1. The summed E-state index contributed by atoms with van der Waals surface area (Å²) in [5.41, 5.74) is 1.03. The van der Waals surface area contributed by atoms with E-state index in [9.17, 15) is 9.90 Å². The van der Waals surface area contributed by atoms with Crippen LogP contribution in [0.2, 0.25) is 5.28 Å². The van der Waals surface area contributed by atoms with Crippen molar-refractivity contribution < 1.29 is 9.90 Å². The van der Waals surface area contributed by atoms with Crippen LogP contribution in [0.5, 0.6) is 0 Å². The van der Waals surface area contributed by atoms with Gasteiger partial charge in [-0.15, -0.1) is 11.3 Å². The minimum absolute atomic E-state index is 0.0772. The number of aryl methyl sites for hydroxylation is 1. The average molecular weight is 298 g/mol. The lowest BCUT2D eigenvalue weighted by Gasteiger charge is -2.15. The van der Waals surface area contributed by atoms with Crippen LogP contribution in [-0.4, -0.2) is 45.1 Å². The molecular formula is C12H12ClN3O2S. The Hall–Kier alpha value is -1.24. The molecule has 0 aliphatic carbocycles. The molecule has 1 fully saturated rings. The summed E-state index contributed by atoms with van der Waals surface area (Å²) in [4.78, 5) is 23.3. The van der Waals surface area contributed by atoms with Crippen molar-refractivity contribution in [3.63, 3.8) is 0 Å². The highest BCUT2D eigenvalue weighted by molar-refractivity contribution is 7.19. The molecule has 0 aromatic carbocycles. The number of rotatable bonds is 1. The van der Waals surface area contributed by atoms with Gasteiger partial charge in [-0.25, -0.2) is 9.97 Å². The summed E-state index contributed by atoms with van der Waals surface area (Å²) < 4.78 is 0.758. The summed E-state index contributed by atoms with van der Waals surface area (Å²) in [5, 5.41) is 9.59. The zero-order valence-corrected chi connectivity index (χ0v) is 11.8. The molecule has 0 unspecified atom stereocenters. The Bertz CT molecular complexity index is 658. The highest BCUT2D eigenvalue weighted by Gasteiger charge is 2.28. The third kappa shape index (κ3) is 2.31. The SMILES string of the molecule is Cc1cc2nc(Cl)nc(C(=O)N3CC[C@@H](O)C3)c2s1. The topological polar surface area (TPSA) is 66.3 Å². The lowest BCUT2D eigenvalue weighted by Crippen LogP contribution is -2.30. The van der Waals surface area contributed by atoms with Crippen molar-refractivity contribution in [1.82, 2.24) is 14.9 Å². The number of nitrogens with zero attached hydrogens (tertiary/aromatic N) is 3. The summed E-state index contributed by atoms with van der Waals surface area (Å²) in [6.07, 6.45) is 0.166. The van der Waals surface area contributed by atoms with Gasteiger partial charge in [0.05, 0.1) is 16.3 Å². The number of halogens is 1. The van der Waals surface area contributed by atoms with Crippen LogP contribution < -0.4 is 0 Å². The van der Waals surface area contributed by atoms with E-state index in [0.29, 0.717) is 30.7 Å². The predicted octanol–water partition coefficient (Wildman–Crippen LogP) is 1.86. The first-order valence-corrected chi connectivity index (χ1v) is 7.15. The van der Waals surface area contributed by atoms with E-state index in [1.165, 1.54) is 11.3 Å². The van der Waals surface area contributed by atoms with Gasteiger partial charge in [0.1, 0.15) is 0 Å². The number of aromatic nitrogens is 2. The van der Waals surface area contributed by atoms with Gasteiger partial charge >= 0.3 is 0 Å². The number of amides is 1. The number of hydrogen-bond donors (Lipinski definition) is 1. The fourth-order valence-electron chi connectivity index (χ4n) is 2.24. The van der Waals surface area contributed by atoms with Crippen molar-refractivity contribution in [2.45, 2.75) is 19.4 Å². The number of carbonyl (C=O) groups excluding carboxylic acids is 1. The van der Waals surface area contributed by atoms with E-state index in [-0.39, 0.29) is 11.2 Å². The van der Waals surface area contributed by atoms with Gasteiger partial charge in [-0.1, -0.05) is 0 Å². The largest absolute Gasteiger partial charge is 0.391 e. The fourth-order valence-corrected chi connectivity index (χ4v) is 3.35. The molecule has 0 radical (unpaired) electrons. The van der Waals surface area contributed by atoms with Gasteiger partial charge in [0, 0.05) is 18.0 Å². The Labute approximate surface area is 118 Å². The summed E-state index contributed by atoms with van der Waals surface area (Å²) in [6.45, 7) is 2.86. The van der Waals surface area contributed by atoms with Crippen LogP contribution in [0.1, 0.15) is 21.8 Å². The van der Waals surface area contributed by atoms with Gasteiger partial charge < -0.3 is 10.0 Å². The number of hydrogen-bond acceptors (Lipinski definition) is 5. The molecule has 3 heterocycles. The lowest BCUT2D eigenvalue weighted by atomic mass is 10.3. The van der Waals surface area contributed by atoms with Crippen LogP contribution in [0.4, 0.5) is 0 Å². The maximum absolute atomic E-state index is 12.4. The molecule has 2 aromatic rings. The number of fused-ring (bicyclic) bond motifs is 1. The Kier molecular flexibility index (Phi) is 3.16. The Morgan fingerprint density at radius 3 is 3.05 bits per heavy atom. The molecular weight excluding hydrogens is 286 g/mol. The Morgan fingerprint density at radius 2 is 2.37 bits per heavy atom. The molecule has 1 N–H and O–H groups in total. The van der Waals surface area contributed by atoms with Crippen LogP contribution in [-0.2, 0) is 0 Å². The van der Waals surface area contributed by atoms with Gasteiger partial charge in [0.15, 0.2) is 5.69 Å². The number of aliphatic hydroxyl groups excluding tert-OH is 1. The maximum Gasteiger partial charge on any atom is 0.274 e. The van der Waals surface area contributed by atoms with Crippen molar-refractivity contribution >= 4 is 39.1 Å². The van der Waals surface area contributed by atoms with Crippen LogP contribution in [0, 0.1) is 6.92 Å². The molecule has 0 saturated carbocycles. The van der Waals surface area contributed by atoms with E-state index in [1.54, 1.807) is 4.90 Å². The maximum atomic E-state index is 12.4. The normalized spacial score (nSPS) is 19.3. The van der Waals surface area contributed by atoms with Crippen LogP contribution in [0.15, 0.2) is 6.07 Å². The summed E-state index contributed by atoms with van der Waals surface area (Å²) in [7, 11) is 0. The second-order valence-corrected chi connectivity index (χ2v) is 6.20. The number of carbonyl (C=O) groups is 1. The van der Waals surface area contributed by atoms with Crippen LogP contribution >= 0.6 is 22.9 Å². The first-order chi connectivity index (χ1) is 9.04. The minimum Gasteiger partial charge on any atom is -0.391 e. The molecule has 0 spiro atoms. The fraction of sp³-hybridized carbons (Fsp3) is 0.417. The minimum atomic E-state index is -0.443. The molecule has 2 aromatic heterocycles. The quantitative estimate of drug-likeness (QED) is 0.816. The average Bonchev–Trinajstić information content (AvgIpc) is 2.92. The van der Waals surface area contributed by atoms with Crippen LogP contribution in [0.25, 0.3) is 10.2 Å². The Morgan fingerprint density at radius 1 is 1.58 bits per heavy atom. The molecule has 7 heteroatoms. The van der Waals surface area contributed by atoms with Gasteiger partial charge in [0.25, 0.3) is 5.91 Å². The van der Waals surface area contributed by atoms with E-state index in [0.717, 1.165) is 9.58 Å². The third-order valence-electron chi connectivity index (χ3n) is 3.12.